The standard InChI is InChI=1S/C19H16ClNO3S/c1-3-21-11(2)15(14-5-4-10-25-14)18(22)16(19(23)24)17(21)12-6-8-13(20)9-7-12/h4-10H,3H2,1-2H3,(H,23,24). The third kappa shape index (κ3) is 3.01. The molecule has 0 aliphatic heterocycles. The molecule has 4 nitrogen and oxygen atoms in total. The van der Waals surface area contributed by atoms with Gasteiger partial charge in [0.15, 0.2) is 0 Å². The maximum atomic E-state index is 13.0. The predicted molar refractivity (Wildman–Crippen MR) is 102 cm³/mol. The normalized spacial score (nSPS) is 10.8. The van der Waals surface area contributed by atoms with Crippen LogP contribution in [0.1, 0.15) is 23.0 Å². The van der Waals surface area contributed by atoms with Gasteiger partial charge in [-0.25, -0.2) is 4.79 Å². The number of rotatable bonds is 4. The van der Waals surface area contributed by atoms with E-state index in [4.69, 9.17) is 11.6 Å². The first-order chi connectivity index (χ1) is 12.0. The topological polar surface area (TPSA) is 59.3 Å². The van der Waals surface area contributed by atoms with Gasteiger partial charge in [0.25, 0.3) is 0 Å². The number of hydrogen-bond acceptors (Lipinski definition) is 3. The fraction of sp³-hybridized carbons (Fsp3) is 0.158. The van der Waals surface area contributed by atoms with E-state index in [2.05, 4.69) is 0 Å². The van der Waals surface area contributed by atoms with Crippen LogP contribution in [0.5, 0.6) is 0 Å². The number of thiophene rings is 1. The lowest BCUT2D eigenvalue weighted by molar-refractivity contribution is 0.0695. The molecule has 0 atom stereocenters. The monoisotopic (exact) mass is 373 g/mol. The minimum Gasteiger partial charge on any atom is -0.477 e. The molecule has 0 fully saturated rings. The van der Waals surface area contributed by atoms with Crippen LogP contribution in [0, 0.1) is 6.92 Å². The van der Waals surface area contributed by atoms with Gasteiger partial charge in [0.1, 0.15) is 5.56 Å². The Balaban J connectivity index is 2.45. The highest BCUT2D eigenvalue weighted by atomic mass is 35.5. The molecular weight excluding hydrogens is 358 g/mol. The first kappa shape index (κ1) is 17.5. The molecule has 3 aromatic rings. The lowest BCUT2D eigenvalue weighted by Gasteiger charge is -2.20. The molecule has 2 aromatic heterocycles. The summed E-state index contributed by atoms with van der Waals surface area (Å²) in [6.45, 7) is 4.33. The molecule has 0 aliphatic rings. The lowest BCUT2D eigenvalue weighted by atomic mass is 9.99. The number of halogens is 1. The maximum absolute atomic E-state index is 13.0. The van der Waals surface area contributed by atoms with Crippen molar-refractivity contribution in [2.45, 2.75) is 20.4 Å². The van der Waals surface area contributed by atoms with Crippen molar-refractivity contribution in [2.75, 3.05) is 0 Å². The SMILES string of the molecule is CCn1c(C)c(-c2cccs2)c(=O)c(C(=O)O)c1-c1ccc(Cl)cc1. The van der Waals surface area contributed by atoms with Crippen LogP contribution in [0.4, 0.5) is 0 Å². The minimum atomic E-state index is -1.23. The zero-order chi connectivity index (χ0) is 18.1. The zero-order valence-corrected chi connectivity index (χ0v) is 15.3. The summed E-state index contributed by atoms with van der Waals surface area (Å²) in [7, 11) is 0. The van der Waals surface area contributed by atoms with Gasteiger partial charge in [0, 0.05) is 22.1 Å². The summed E-state index contributed by atoms with van der Waals surface area (Å²) in [5.74, 6) is -1.23. The van der Waals surface area contributed by atoms with Crippen LogP contribution in [0.3, 0.4) is 0 Å². The van der Waals surface area contributed by atoms with Crippen molar-refractivity contribution < 1.29 is 9.90 Å². The van der Waals surface area contributed by atoms with Gasteiger partial charge in [0.05, 0.1) is 11.3 Å². The Morgan fingerprint density at radius 2 is 1.92 bits per heavy atom. The van der Waals surface area contributed by atoms with E-state index < -0.39 is 11.4 Å². The van der Waals surface area contributed by atoms with Crippen molar-refractivity contribution in [3.05, 3.63) is 68.3 Å². The van der Waals surface area contributed by atoms with Gasteiger partial charge >= 0.3 is 5.97 Å². The van der Waals surface area contributed by atoms with E-state index in [1.807, 2.05) is 35.9 Å². The highest BCUT2D eigenvalue weighted by Crippen LogP contribution is 2.31. The summed E-state index contributed by atoms with van der Waals surface area (Å²) in [6, 6.07) is 10.5. The number of benzene rings is 1. The fourth-order valence-electron chi connectivity index (χ4n) is 3.05. The number of carboxylic acid groups (broad SMARTS) is 1. The molecule has 0 saturated heterocycles. The summed E-state index contributed by atoms with van der Waals surface area (Å²) in [5, 5.41) is 12.2. The molecule has 0 saturated carbocycles. The van der Waals surface area contributed by atoms with E-state index in [0.29, 0.717) is 28.4 Å². The van der Waals surface area contributed by atoms with Gasteiger partial charge < -0.3 is 9.67 Å². The highest BCUT2D eigenvalue weighted by Gasteiger charge is 2.25. The number of aromatic nitrogens is 1. The van der Waals surface area contributed by atoms with Crippen molar-refractivity contribution in [2.24, 2.45) is 0 Å². The van der Waals surface area contributed by atoms with Crippen LogP contribution in [0.25, 0.3) is 21.7 Å². The van der Waals surface area contributed by atoms with Crippen LogP contribution in [0.2, 0.25) is 5.02 Å². The Hall–Kier alpha value is -2.37. The molecule has 0 amide bonds. The first-order valence-electron chi connectivity index (χ1n) is 7.76. The number of carbonyl (C=O) groups is 1. The molecule has 0 spiro atoms. The second-order valence-electron chi connectivity index (χ2n) is 5.55. The summed E-state index contributed by atoms with van der Waals surface area (Å²) in [6.07, 6.45) is 0. The van der Waals surface area contributed by atoms with Gasteiger partial charge in [-0.3, -0.25) is 4.79 Å². The molecule has 1 aromatic carbocycles. The van der Waals surface area contributed by atoms with Crippen LogP contribution < -0.4 is 5.43 Å². The van der Waals surface area contributed by atoms with Gasteiger partial charge in [-0.2, -0.15) is 0 Å². The van der Waals surface area contributed by atoms with Crippen molar-refractivity contribution >= 4 is 28.9 Å². The molecule has 0 bridgehead atoms. The molecule has 6 heteroatoms. The lowest BCUT2D eigenvalue weighted by Crippen LogP contribution is -2.25. The first-order valence-corrected chi connectivity index (χ1v) is 9.02. The van der Waals surface area contributed by atoms with Gasteiger partial charge in [0.2, 0.25) is 5.43 Å². The summed E-state index contributed by atoms with van der Waals surface area (Å²) in [5.41, 5.74) is 1.60. The summed E-state index contributed by atoms with van der Waals surface area (Å²) < 4.78 is 1.88. The number of aromatic carboxylic acids is 1. The molecular formula is C19H16ClNO3S. The van der Waals surface area contributed by atoms with E-state index in [9.17, 15) is 14.7 Å². The molecule has 0 unspecified atom stereocenters. The van der Waals surface area contributed by atoms with Crippen molar-refractivity contribution in [3.63, 3.8) is 0 Å². The average molecular weight is 374 g/mol. The number of nitrogens with zero attached hydrogens (tertiary/aromatic N) is 1. The molecule has 128 valence electrons. The average Bonchev–Trinajstić information content (AvgIpc) is 3.09. The molecule has 2 heterocycles. The van der Waals surface area contributed by atoms with Gasteiger partial charge in [-0.1, -0.05) is 29.8 Å². The smallest absolute Gasteiger partial charge is 0.341 e. The van der Waals surface area contributed by atoms with Crippen molar-refractivity contribution in [3.8, 4) is 21.7 Å². The Morgan fingerprint density at radius 1 is 1.24 bits per heavy atom. The Morgan fingerprint density at radius 3 is 2.44 bits per heavy atom. The Bertz CT molecular complexity index is 989. The van der Waals surface area contributed by atoms with E-state index in [-0.39, 0.29) is 5.56 Å². The van der Waals surface area contributed by atoms with Crippen LogP contribution in [-0.4, -0.2) is 15.6 Å². The molecule has 25 heavy (non-hydrogen) atoms. The minimum absolute atomic E-state index is 0.210. The van der Waals surface area contributed by atoms with E-state index in [1.54, 1.807) is 24.3 Å². The Labute approximate surface area is 153 Å². The number of pyridine rings is 1. The highest BCUT2D eigenvalue weighted by molar-refractivity contribution is 7.13. The Kier molecular flexibility index (Phi) is 4.79. The van der Waals surface area contributed by atoms with Crippen LogP contribution >= 0.6 is 22.9 Å². The van der Waals surface area contributed by atoms with Crippen molar-refractivity contribution in [1.82, 2.24) is 4.57 Å². The van der Waals surface area contributed by atoms with Gasteiger partial charge in [-0.05, 0) is 43.0 Å². The predicted octanol–water partition coefficient (Wildman–Crippen LogP) is 4.92. The molecule has 1 N–H and O–H groups in total. The second-order valence-corrected chi connectivity index (χ2v) is 6.93. The summed E-state index contributed by atoms with van der Waals surface area (Å²) >= 11 is 7.37. The number of carboxylic acids is 1. The van der Waals surface area contributed by atoms with Crippen LogP contribution in [0.15, 0.2) is 46.6 Å². The molecule has 0 radical (unpaired) electrons. The third-order valence-electron chi connectivity index (χ3n) is 4.14. The quantitative estimate of drug-likeness (QED) is 0.705. The van der Waals surface area contributed by atoms with Crippen LogP contribution in [-0.2, 0) is 6.54 Å². The molecule has 3 rings (SSSR count). The van der Waals surface area contributed by atoms with E-state index in [1.165, 1.54) is 11.3 Å². The van der Waals surface area contributed by atoms with Crippen molar-refractivity contribution in [1.29, 1.82) is 0 Å². The molecule has 0 aliphatic carbocycles. The maximum Gasteiger partial charge on any atom is 0.341 e. The van der Waals surface area contributed by atoms with Gasteiger partial charge in [-0.15, -0.1) is 11.3 Å². The van der Waals surface area contributed by atoms with E-state index in [0.717, 1.165) is 10.6 Å². The number of hydrogen-bond donors (Lipinski definition) is 1. The largest absolute Gasteiger partial charge is 0.477 e. The fourth-order valence-corrected chi connectivity index (χ4v) is 3.99. The summed E-state index contributed by atoms with van der Waals surface area (Å²) in [4.78, 5) is 25.8. The zero-order valence-electron chi connectivity index (χ0n) is 13.7. The van der Waals surface area contributed by atoms with E-state index >= 15 is 0 Å². The third-order valence-corrected chi connectivity index (χ3v) is 5.28. The second kappa shape index (κ2) is 6.86.